The van der Waals surface area contributed by atoms with Crippen LogP contribution < -0.4 is 0 Å². The zero-order valence-electron chi connectivity index (χ0n) is 27.2. The van der Waals surface area contributed by atoms with Crippen LogP contribution in [-0.2, 0) is 15.1 Å². The molecule has 5 atom stereocenters. The zero-order chi connectivity index (χ0) is 35.0. The van der Waals surface area contributed by atoms with Crippen LogP contribution in [-0.4, -0.2) is 23.5 Å². The summed E-state index contributed by atoms with van der Waals surface area (Å²) in [7, 11) is 0. The Hall–Kier alpha value is -4.99. The molecule has 0 saturated heterocycles. The van der Waals surface area contributed by atoms with Crippen molar-refractivity contribution in [3.05, 3.63) is 166 Å². The highest BCUT2D eigenvalue weighted by Gasteiger charge is 2.68. The number of carbonyl (C=O) groups is 2. The molecule has 248 valence electrons. The molecule has 7 heteroatoms. The van der Waals surface area contributed by atoms with Gasteiger partial charge in [0, 0.05) is 27.4 Å². The van der Waals surface area contributed by atoms with E-state index in [9.17, 15) is 15.2 Å². The number of ketones is 1. The van der Waals surface area contributed by atoms with E-state index in [2.05, 4.69) is 6.07 Å². The fourth-order valence-corrected chi connectivity index (χ4v) is 8.38. The van der Waals surface area contributed by atoms with Crippen LogP contribution in [0.1, 0.15) is 52.2 Å². The van der Waals surface area contributed by atoms with Crippen molar-refractivity contribution in [2.75, 3.05) is 6.61 Å². The van der Waals surface area contributed by atoms with Gasteiger partial charge in [0.25, 0.3) is 0 Å². The van der Waals surface area contributed by atoms with Crippen molar-refractivity contribution >= 4 is 56.5 Å². The molecule has 1 N–H and O–H groups in total. The van der Waals surface area contributed by atoms with Gasteiger partial charge in [-0.25, -0.2) is 0 Å². The Morgan fingerprint density at radius 2 is 1.30 bits per heavy atom. The topological polar surface area (TPSA) is 87.4 Å². The van der Waals surface area contributed by atoms with E-state index in [-0.39, 0.29) is 13.0 Å². The second kappa shape index (κ2) is 13.4. The maximum atomic E-state index is 15.6. The Kier molecular flexibility index (Phi) is 8.96. The summed E-state index contributed by atoms with van der Waals surface area (Å²) in [5, 5.41) is 29.3. The third-order valence-electron chi connectivity index (χ3n) is 10.3. The molecule has 50 heavy (non-hydrogen) atoms. The van der Waals surface area contributed by atoms with Crippen molar-refractivity contribution in [1.29, 1.82) is 5.26 Å². The third kappa shape index (κ3) is 5.45. The number of rotatable bonds is 7. The predicted octanol–water partition coefficient (Wildman–Crippen LogP) is 10.0. The van der Waals surface area contributed by atoms with Crippen molar-refractivity contribution in [3.63, 3.8) is 0 Å². The molecule has 1 aliphatic rings. The number of esters is 1. The van der Waals surface area contributed by atoms with Gasteiger partial charge >= 0.3 is 5.97 Å². The minimum Gasteiger partial charge on any atom is -0.465 e. The summed E-state index contributed by atoms with van der Waals surface area (Å²) in [5.41, 5.74) is -1.83. The third-order valence-corrected chi connectivity index (χ3v) is 10.8. The van der Waals surface area contributed by atoms with Crippen molar-refractivity contribution < 1.29 is 19.4 Å². The smallest absolute Gasteiger partial charge is 0.327 e. The van der Waals surface area contributed by atoms with Crippen molar-refractivity contribution in [1.82, 2.24) is 0 Å². The Balaban J connectivity index is 1.62. The molecule has 0 radical (unpaired) electrons. The number of halogens is 2. The van der Waals surface area contributed by atoms with Gasteiger partial charge in [0.05, 0.1) is 18.6 Å². The zero-order valence-corrected chi connectivity index (χ0v) is 28.7. The number of ether oxygens (including phenoxy) is 1. The molecule has 0 aliphatic heterocycles. The fourth-order valence-electron chi connectivity index (χ4n) is 8.13. The molecule has 5 unspecified atom stereocenters. The highest BCUT2D eigenvalue weighted by atomic mass is 35.5. The number of benzene rings is 6. The Labute approximate surface area is 300 Å². The van der Waals surface area contributed by atoms with Crippen LogP contribution in [0, 0.1) is 22.7 Å². The Morgan fingerprint density at radius 3 is 1.92 bits per heavy atom. The average molecular weight is 699 g/mol. The lowest BCUT2D eigenvalue weighted by Crippen LogP contribution is -2.59. The molecule has 0 bridgehead atoms. The number of nitrogens with zero attached hydrogens (tertiary/aromatic N) is 1. The van der Waals surface area contributed by atoms with Crippen LogP contribution in [0.25, 0.3) is 21.5 Å². The van der Waals surface area contributed by atoms with Crippen LogP contribution in [0.2, 0.25) is 10.0 Å². The summed E-state index contributed by atoms with van der Waals surface area (Å²) in [5.74, 6) is -4.60. The van der Waals surface area contributed by atoms with Gasteiger partial charge in [-0.1, -0.05) is 132 Å². The van der Waals surface area contributed by atoms with Gasteiger partial charge in [-0.2, -0.15) is 5.26 Å². The summed E-state index contributed by atoms with van der Waals surface area (Å²) in [4.78, 5) is 30.2. The van der Waals surface area contributed by atoms with E-state index in [1.165, 1.54) is 0 Å². The monoisotopic (exact) mass is 697 g/mol. The molecule has 1 aliphatic carbocycles. The molecule has 0 aromatic heterocycles. The van der Waals surface area contributed by atoms with Gasteiger partial charge in [0.1, 0.15) is 5.60 Å². The predicted molar refractivity (Wildman–Crippen MR) is 197 cm³/mol. The number of Topliss-reactive ketones (excluding diaryl/α,β-unsaturated/α-hetero) is 1. The molecule has 6 aromatic carbocycles. The fraction of sp³-hybridized carbons (Fsp3) is 0.186. The summed E-state index contributed by atoms with van der Waals surface area (Å²) in [6.07, 6.45) is -0.139. The Morgan fingerprint density at radius 1 is 0.760 bits per heavy atom. The van der Waals surface area contributed by atoms with Gasteiger partial charge in [0.15, 0.2) is 11.2 Å². The number of nitriles is 1. The molecule has 0 spiro atoms. The van der Waals surface area contributed by atoms with Crippen LogP contribution >= 0.6 is 23.2 Å². The SMILES string of the molecule is CCOC(=O)C1(C#N)C(c2ccc(Cl)cc2)CC(O)(c2cccc3ccccc23)C(C(=O)c2cccc3ccccc23)C1c1ccc(Cl)cc1. The van der Waals surface area contributed by atoms with Gasteiger partial charge < -0.3 is 9.84 Å². The lowest BCUT2D eigenvalue weighted by Gasteiger charge is -2.54. The van der Waals surface area contributed by atoms with Gasteiger partial charge in [-0.05, 0) is 75.8 Å². The molecule has 1 saturated carbocycles. The maximum Gasteiger partial charge on any atom is 0.327 e. The van der Waals surface area contributed by atoms with Gasteiger partial charge in [0.2, 0.25) is 0 Å². The molecular formula is C43H33Cl2NO4. The molecule has 1 fully saturated rings. The first-order valence-electron chi connectivity index (χ1n) is 16.5. The highest BCUT2D eigenvalue weighted by molar-refractivity contribution is 6.30. The van der Waals surface area contributed by atoms with Crippen LogP contribution in [0.15, 0.2) is 133 Å². The number of hydrogen-bond acceptors (Lipinski definition) is 5. The molecular weight excluding hydrogens is 665 g/mol. The van der Waals surface area contributed by atoms with Crippen molar-refractivity contribution in [2.45, 2.75) is 30.8 Å². The van der Waals surface area contributed by atoms with Crippen molar-refractivity contribution in [3.8, 4) is 6.07 Å². The van der Waals surface area contributed by atoms with E-state index in [0.29, 0.717) is 37.7 Å². The second-order valence-electron chi connectivity index (χ2n) is 12.9. The molecule has 0 heterocycles. The van der Waals surface area contributed by atoms with E-state index >= 15 is 4.79 Å². The summed E-state index contributed by atoms with van der Waals surface area (Å²) >= 11 is 12.7. The molecule has 5 nitrogen and oxygen atoms in total. The van der Waals surface area contributed by atoms with E-state index in [0.717, 1.165) is 16.2 Å². The van der Waals surface area contributed by atoms with Crippen LogP contribution in [0.4, 0.5) is 0 Å². The van der Waals surface area contributed by atoms with E-state index in [4.69, 9.17) is 27.9 Å². The maximum absolute atomic E-state index is 15.6. The van der Waals surface area contributed by atoms with E-state index < -0.39 is 40.5 Å². The number of aliphatic hydroxyl groups is 1. The van der Waals surface area contributed by atoms with E-state index in [1.807, 2.05) is 78.9 Å². The second-order valence-corrected chi connectivity index (χ2v) is 13.7. The van der Waals surface area contributed by atoms with Crippen LogP contribution in [0.3, 0.4) is 0 Å². The minimum atomic E-state index is -1.96. The first-order chi connectivity index (χ1) is 24.2. The van der Waals surface area contributed by atoms with E-state index in [1.54, 1.807) is 61.5 Å². The highest BCUT2D eigenvalue weighted by Crippen LogP contribution is 2.64. The largest absolute Gasteiger partial charge is 0.465 e. The summed E-state index contributed by atoms with van der Waals surface area (Å²) < 4.78 is 5.77. The summed E-state index contributed by atoms with van der Waals surface area (Å²) in [6.45, 7) is 1.70. The average Bonchev–Trinajstić information content (AvgIpc) is 3.14. The molecule has 0 amide bonds. The Bertz CT molecular complexity index is 2270. The van der Waals surface area contributed by atoms with Crippen LogP contribution in [0.5, 0.6) is 0 Å². The lowest BCUT2D eigenvalue weighted by molar-refractivity contribution is -0.164. The number of fused-ring (bicyclic) bond motifs is 2. The quantitative estimate of drug-likeness (QED) is 0.133. The van der Waals surface area contributed by atoms with Gasteiger partial charge in [-0.3, -0.25) is 9.59 Å². The lowest BCUT2D eigenvalue weighted by atomic mass is 9.47. The number of hydrogen-bond donors (Lipinski definition) is 1. The number of carbonyl (C=O) groups excluding carboxylic acids is 2. The van der Waals surface area contributed by atoms with Crippen molar-refractivity contribution in [2.24, 2.45) is 11.3 Å². The minimum absolute atomic E-state index is 0.0124. The molecule has 6 aromatic rings. The first-order valence-corrected chi connectivity index (χ1v) is 17.3. The normalized spacial score (nSPS) is 23.3. The molecule has 7 rings (SSSR count). The standard InChI is InChI=1S/C43H33Cl2NO4/c1-2-50-41(48)42(26-46)37(29-17-21-31(44)22-18-29)25-43(49,36-16-8-12-28-10-4-6-14-34(28)36)39(38(42)30-19-23-32(45)24-20-30)40(47)35-15-7-11-27-9-3-5-13-33(27)35/h3-24,37-39,49H,2,25H2,1H3. The van der Waals surface area contributed by atoms with Gasteiger partial charge in [-0.15, -0.1) is 0 Å². The summed E-state index contributed by atoms with van der Waals surface area (Å²) in [6, 6.07) is 42.6. The first kappa shape index (κ1) is 33.5.